The lowest BCUT2D eigenvalue weighted by Gasteiger charge is -2.12. The maximum Gasteiger partial charge on any atom is 0.141 e. The van der Waals surface area contributed by atoms with E-state index in [1.54, 1.807) is 12.1 Å². The van der Waals surface area contributed by atoms with E-state index in [4.69, 9.17) is 4.74 Å². The molecule has 1 aliphatic rings. The number of ether oxygens (including phenoxy) is 1. The molecule has 4 heteroatoms. The summed E-state index contributed by atoms with van der Waals surface area (Å²) >= 11 is 3.10. The minimum absolute atomic E-state index is 0.285. The van der Waals surface area contributed by atoms with Gasteiger partial charge in [0.15, 0.2) is 0 Å². The van der Waals surface area contributed by atoms with Crippen molar-refractivity contribution in [3.05, 3.63) is 28.5 Å². The minimum atomic E-state index is -0.285. The first-order valence-electron chi connectivity index (χ1n) is 5.07. The van der Waals surface area contributed by atoms with E-state index < -0.39 is 0 Å². The molecule has 82 valence electrons. The molecule has 1 saturated heterocycles. The summed E-state index contributed by atoms with van der Waals surface area (Å²) in [6.07, 6.45) is 2.34. The number of rotatable bonds is 3. The maximum absolute atomic E-state index is 13.1. The van der Waals surface area contributed by atoms with Gasteiger partial charge in [-0.25, -0.2) is 4.39 Å². The molecule has 1 atom stereocenters. The average Bonchev–Trinajstić information content (AvgIpc) is 2.73. The molecule has 0 saturated carbocycles. The fourth-order valence-electron chi connectivity index (χ4n) is 1.66. The number of nitrogens with one attached hydrogen (secondary N) is 1. The third kappa shape index (κ3) is 2.92. The summed E-state index contributed by atoms with van der Waals surface area (Å²) in [5, 5.41) is 3.32. The lowest BCUT2D eigenvalue weighted by Crippen LogP contribution is -2.28. The lowest BCUT2D eigenvalue weighted by molar-refractivity contribution is 0.276. The van der Waals surface area contributed by atoms with E-state index in [2.05, 4.69) is 21.2 Å². The Hall–Kier alpha value is -0.610. The molecule has 1 N–H and O–H groups in total. The van der Waals surface area contributed by atoms with Crippen molar-refractivity contribution in [2.75, 3.05) is 13.2 Å². The molecule has 1 heterocycles. The van der Waals surface area contributed by atoms with Crippen molar-refractivity contribution in [1.82, 2.24) is 5.32 Å². The molecule has 0 bridgehead atoms. The highest BCUT2D eigenvalue weighted by atomic mass is 79.9. The van der Waals surface area contributed by atoms with Crippen LogP contribution in [-0.2, 0) is 0 Å². The number of halogens is 2. The predicted octanol–water partition coefficient (Wildman–Crippen LogP) is 2.72. The van der Waals surface area contributed by atoms with Crippen molar-refractivity contribution in [3.8, 4) is 5.75 Å². The maximum atomic E-state index is 13.1. The van der Waals surface area contributed by atoms with E-state index in [1.807, 2.05) is 0 Å². The van der Waals surface area contributed by atoms with E-state index in [0.29, 0.717) is 22.9 Å². The van der Waals surface area contributed by atoms with Gasteiger partial charge in [-0.2, -0.15) is 0 Å². The molecule has 1 fully saturated rings. The van der Waals surface area contributed by atoms with Crippen molar-refractivity contribution >= 4 is 15.9 Å². The van der Waals surface area contributed by atoms with Gasteiger partial charge in [0.25, 0.3) is 0 Å². The topological polar surface area (TPSA) is 21.3 Å². The molecule has 2 rings (SSSR count). The van der Waals surface area contributed by atoms with Crippen LogP contribution in [0.2, 0.25) is 0 Å². The summed E-state index contributed by atoms with van der Waals surface area (Å²) in [4.78, 5) is 0. The van der Waals surface area contributed by atoms with Gasteiger partial charge in [-0.05, 0) is 47.4 Å². The highest BCUT2D eigenvalue weighted by Gasteiger charge is 2.14. The molecule has 15 heavy (non-hydrogen) atoms. The fraction of sp³-hybridized carbons (Fsp3) is 0.455. The van der Waals surface area contributed by atoms with Crippen LogP contribution >= 0.6 is 15.9 Å². The molecule has 0 aliphatic carbocycles. The van der Waals surface area contributed by atoms with Crippen LogP contribution in [-0.4, -0.2) is 19.2 Å². The van der Waals surface area contributed by atoms with Gasteiger partial charge in [-0.3, -0.25) is 0 Å². The Morgan fingerprint density at radius 2 is 2.40 bits per heavy atom. The third-order valence-corrected chi connectivity index (χ3v) is 3.15. The van der Waals surface area contributed by atoms with Crippen molar-refractivity contribution < 1.29 is 9.13 Å². The Kier molecular flexibility index (Phi) is 3.59. The summed E-state index contributed by atoms with van der Waals surface area (Å²) in [5.41, 5.74) is 0. The van der Waals surface area contributed by atoms with E-state index in [9.17, 15) is 4.39 Å². The third-order valence-electron chi connectivity index (χ3n) is 2.50. The molecule has 1 aromatic rings. The largest absolute Gasteiger partial charge is 0.492 e. The Morgan fingerprint density at radius 3 is 3.07 bits per heavy atom. The van der Waals surface area contributed by atoms with Gasteiger partial charge in [0, 0.05) is 12.1 Å². The van der Waals surface area contributed by atoms with Crippen LogP contribution in [0.5, 0.6) is 5.75 Å². The lowest BCUT2D eigenvalue weighted by atomic mass is 10.2. The van der Waals surface area contributed by atoms with E-state index in [1.165, 1.54) is 12.5 Å². The van der Waals surface area contributed by atoms with Gasteiger partial charge in [-0.1, -0.05) is 0 Å². The highest BCUT2D eigenvalue weighted by Crippen LogP contribution is 2.21. The zero-order chi connectivity index (χ0) is 10.7. The van der Waals surface area contributed by atoms with Gasteiger partial charge in [-0.15, -0.1) is 0 Å². The van der Waals surface area contributed by atoms with Crippen LogP contribution in [0.1, 0.15) is 12.8 Å². The highest BCUT2D eigenvalue weighted by molar-refractivity contribution is 9.10. The monoisotopic (exact) mass is 273 g/mol. The van der Waals surface area contributed by atoms with E-state index in [-0.39, 0.29) is 5.82 Å². The molecule has 0 aromatic heterocycles. The molecular weight excluding hydrogens is 261 g/mol. The van der Waals surface area contributed by atoms with Crippen molar-refractivity contribution in [1.29, 1.82) is 0 Å². The Labute approximate surface area is 96.9 Å². The first-order chi connectivity index (χ1) is 7.25. The van der Waals surface area contributed by atoms with E-state index in [0.717, 1.165) is 13.0 Å². The first-order valence-corrected chi connectivity index (χ1v) is 5.86. The average molecular weight is 274 g/mol. The van der Waals surface area contributed by atoms with Crippen molar-refractivity contribution in [2.24, 2.45) is 0 Å². The van der Waals surface area contributed by atoms with Gasteiger partial charge in [0.2, 0.25) is 0 Å². The molecule has 1 aliphatic heterocycles. The van der Waals surface area contributed by atoms with Gasteiger partial charge >= 0.3 is 0 Å². The second kappa shape index (κ2) is 4.94. The molecule has 0 spiro atoms. The molecular formula is C11H13BrFNO. The standard InChI is InChI=1S/C11H13BrFNO/c12-10-4-3-9(6-11(10)13)15-7-8-2-1-5-14-8/h3-4,6,8,14H,1-2,5,7H2/t8-/m0/s1. The van der Waals surface area contributed by atoms with Crippen LogP contribution in [0.15, 0.2) is 22.7 Å². The zero-order valence-electron chi connectivity index (χ0n) is 8.30. The molecule has 0 amide bonds. The quantitative estimate of drug-likeness (QED) is 0.915. The van der Waals surface area contributed by atoms with Gasteiger partial charge < -0.3 is 10.1 Å². The molecule has 2 nitrogen and oxygen atoms in total. The summed E-state index contributed by atoms with van der Waals surface area (Å²) in [6, 6.07) is 5.24. The van der Waals surface area contributed by atoms with Crippen molar-refractivity contribution in [2.45, 2.75) is 18.9 Å². The Bertz CT molecular complexity index is 339. The van der Waals surface area contributed by atoms with Crippen molar-refractivity contribution in [3.63, 3.8) is 0 Å². The van der Waals surface area contributed by atoms with Crippen LogP contribution in [0.3, 0.4) is 0 Å². The number of hydrogen-bond acceptors (Lipinski definition) is 2. The Balaban J connectivity index is 1.90. The smallest absolute Gasteiger partial charge is 0.141 e. The summed E-state index contributed by atoms with van der Waals surface area (Å²) in [7, 11) is 0. The zero-order valence-corrected chi connectivity index (χ0v) is 9.89. The predicted molar refractivity (Wildman–Crippen MR) is 60.6 cm³/mol. The minimum Gasteiger partial charge on any atom is -0.492 e. The fourth-order valence-corrected chi connectivity index (χ4v) is 1.91. The van der Waals surface area contributed by atoms with Gasteiger partial charge in [0.05, 0.1) is 4.47 Å². The van der Waals surface area contributed by atoms with Gasteiger partial charge in [0.1, 0.15) is 18.2 Å². The normalized spacial score (nSPS) is 20.5. The summed E-state index contributed by atoms with van der Waals surface area (Å²) < 4.78 is 19.1. The van der Waals surface area contributed by atoms with E-state index >= 15 is 0 Å². The first kappa shape index (κ1) is 10.9. The van der Waals surface area contributed by atoms with Crippen LogP contribution in [0, 0.1) is 5.82 Å². The summed E-state index contributed by atoms with van der Waals surface area (Å²) in [5.74, 6) is 0.302. The number of hydrogen-bond donors (Lipinski definition) is 1. The summed E-state index contributed by atoms with van der Waals surface area (Å²) in [6.45, 7) is 1.67. The van der Waals surface area contributed by atoms with Crippen LogP contribution in [0.4, 0.5) is 4.39 Å². The van der Waals surface area contributed by atoms with Crippen LogP contribution < -0.4 is 10.1 Å². The second-order valence-electron chi connectivity index (χ2n) is 3.68. The molecule has 0 radical (unpaired) electrons. The Morgan fingerprint density at radius 1 is 1.53 bits per heavy atom. The van der Waals surface area contributed by atoms with Crippen LogP contribution in [0.25, 0.3) is 0 Å². The molecule has 1 aromatic carbocycles. The second-order valence-corrected chi connectivity index (χ2v) is 4.53. The number of benzene rings is 1. The SMILES string of the molecule is Fc1cc(OC[C@@H]2CCCN2)ccc1Br. The molecule has 0 unspecified atom stereocenters.